The topological polar surface area (TPSA) is 97.6 Å². The van der Waals surface area contributed by atoms with Crippen LogP contribution in [0.3, 0.4) is 0 Å². The number of fused-ring (bicyclic) bond motifs is 2. The first kappa shape index (κ1) is 31.5. The summed E-state index contributed by atoms with van der Waals surface area (Å²) in [5, 5.41) is 11.7. The van der Waals surface area contributed by atoms with Crippen molar-refractivity contribution in [3.8, 4) is 16.9 Å². The molecule has 0 unspecified atom stereocenters. The molecule has 0 bridgehead atoms. The quantitative estimate of drug-likeness (QED) is 0.236. The lowest BCUT2D eigenvalue weighted by Crippen LogP contribution is -2.49. The second-order valence-electron chi connectivity index (χ2n) is 11.7. The smallest absolute Gasteiger partial charge is 0.393 e. The second kappa shape index (κ2) is 12.4. The van der Waals surface area contributed by atoms with Gasteiger partial charge in [-0.15, -0.1) is 11.3 Å². The Morgan fingerprint density at radius 2 is 1.98 bits per heavy atom. The van der Waals surface area contributed by atoms with Gasteiger partial charge in [0.1, 0.15) is 18.2 Å². The molecule has 3 aromatic heterocycles. The molecule has 1 aromatic carbocycles. The first-order valence-electron chi connectivity index (χ1n) is 14.9. The molecular formula is C32H32ClF3N4O4S. The van der Waals surface area contributed by atoms with Gasteiger partial charge in [-0.25, -0.2) is 9.78 Å². The number of aromatic nitrogens is 3. The van der Waals surface area contributed by atoms with Crippen LogP contribution in [0.25, 0.3) is 21.3 Å². The second-order valence-corrected chi connectivity index (χ2v) is 13.1. The molecule has 4 heterocycles. The predicted octanol–water partition coefficient (Wildman–Crippen LogP) is 6.70. The summed E-state index contributed by atoms with van der Waals surface area (Å²) in [6.07, 6.45) is -1.96. The number of aromatic carboxylic acids is 1. The summed E-state index contributed by atoms with van der Waals surface area (Å²) in [6, 6.07) is 6.93. The van der Waals surface area contributed by atoms with Crippen LogP contribution in [0.15, 0.2) is 34.4 Å². The SMILES string of the molecule is Cc1cc(-c2cc(Cl)ccc2OCCn2c(C)nc3c(c2=O)C[C@@H](N2CCC[C@@H](C(F)(F)F)C2)CC3)c2scc(C(=O)O)c2n1. The summed E-state index contributed by atoms with van der Waals surface area (Å²) in [7, 11) is 0. The Morgan fingerprint density at radius 1 is 1.18 bits per heavy atom. The fraction of sp³-hybridized carbons (Fsp3) is 0.438. The Bertz CT molecular complexity index is 1840. The third-order valence-electron chi connectivity index (χ3n) is 8.81. The summed E-state index contributed by atoms with van der Waals surface area (Å²) in [6.45, 7) is 4.49. The average molecular weight is 661 g/mol. The molecule has 2 aliphatic rings. The molecule has 238 valence electrons. The number of rotatable bonds is 7. The fourth-order valence-electron chi connectivity index (χ4n) is 6.56. The van der Waals surface area contributed by atoms with Gasteiger partial charge in [0.25, 0.3) is 5.56 Å². The third-order valence-corrected chi connectivity index (χ3v) is 10.0. The van der Waals surface area contributed by atoms with E-state index in [0.717, 1.165) is 11.3 Å². The fourth-order valence-corrected chi connectivity index (χ4v) is 7.75. The maximum atomic E-state index is 13.7. The minimum Gasteiger partial charge on any atom is -0.491 e. The molecule has 1 fully saturated rings. The van der Waals surface area contributed by atoms with E-state index in [0.29, 0.717) is 75.9 Å². The van der Waals surface area contributed by atoms with Crippen LogP contribution in [0.4, 0.5) is 13.2 Å². The van der Waals surface area contributed by atoms with E-state index in [2.05, 4.69) is 4.98 Å². The Hall–Kier alpha value is -3.48. The standard InChI is InChI=1S/C32H32ClF3N4O4S/c1-17-12-23(29-28(37-17)25(16-45-29)31(42)43)22-13-20(33)5-8-27(22)44-11-10-40-18(2)38-26-7-6-21(14-24(26)30(40)41)39-9-3-4-19(15-39)32(34,35)36/h5,8,12-13,16,19,21H,3-4,6-7,9-11,14-15H2,1-2H3,(H,42,43)/t19-,21+/m1/s1. The molecule has 0 saturated carbocycles. The highest BCUT2D eigenvalue weighted by Gasteiger charge is 2.43. The first-order chi connectivity index (χ1) is 21.4. The number of carboxylic acid groups (broad SMARTS) is 1. The number of piperidine rings is 1. The molecule has 0 amide bonds. The Morgan fingerprint density at radius 3 is 2.73 bits per heavy atom. The van der Waals surface area contributed by atoms with E-state index in [4.69, 9.17) is 21.3 Å². The molecule has 6 rings (SSSR count). The van der Waals surface area contributed by atoms with Crippen LogP contribution >= 0.6 is 22.9 Å². The molecule has 8 nitrogen and oxygen atoms in total. The number of pyridine rings is 1. The van der Waals surface area contributed by atoms with Gasteiger partial charge >= 0.3 is 12.1 Å². The van der Waals surface area contributed by atoms with Gasteiger partial charge in [-0.2, -0.15) is 13.2 Å². The highest BCUT2D eigenvalue weighted by molar-refractivity contribution is 7.18. The molecule has 0 radical (unpaired) electrons. The van der Waals surface area contributed by atoms with Crippen LogP contribution in [0.5, 0.6) is 5.75 Å². The van der Waals surface area contributed by atoms with E-state index < -0.39 is 18.1 Å². The summed E-state index contributed by atoms with van der Waals surface area (Å²) >= 11 is 7.66. The number of likely N-dealkylation sites (tertiary alicyclic amines) is 1. The van der Waals surface area contributed by atoms with Crippen molar-refractivity contribution in [3.05, 3.63) is 73.4 Å². The van der Waals surface area contributed by atoms with Gasteiger partial charge in [-0.05, 0) is 76.8 Å². The largest absolute Gasteiger partial charge is 0.491 e. The number of halogens is 4. The minimum atomic E-state index is -4.21. The number of carbonyl (C=O) groups is 1. The maximum absolute atomic E-state index is 13.7. The number of carboxylic acids is 1. The molecule has 45 heavy (non-hydrogen) atoms. The van der Waals surface area contributed by atoms with E-state index in [9.17, 15) is 27.9 Å². The predicted molar refractivity (Wildman–Crippen MR) is 167 cm³/mol. The van der Waals surface area contributed by atoms with Crippen molar-refractivity contribution in [2.45, 2.75) is 64.7 Å². The highest BCUT2D eigenvalue weighted by Crippen LogP contribution is 2.40. The number of alkyl halides is 3. The first-order valence-corrected chi connectivity index (χ1v) is 16.1. The lowest BCUT2D eigenvalue weighted by molar-refractivity contribution is -0.188. The molecule has 13 heteroatoms. The van der Waals surface area contributed by atoms with Crippen molar-refractivity contribution in [1.29, 1.82) is 0 Å². The van der Waals surface area contributed by atoms with Gasteiger partial charge in [0.2, 0.25) is 0 Å². The summed E-state index contributed by atoms with van der Waals surface area (Å²) < 4.78 is 48.8. The summed E-state index contributed by atoms with van der Waals surface area (Å²) in [5.41, 5.74) is 3.69. The zero-order valence-corrected chi connectivity index (χ0v) is 26.4. The van der Waals surface area contributed by atoms with Gasteiger partial charge < -0.3 is 9.84 Å². The van der Waals surface area contributed by atoms with Crippen LogP contribution in [-0.4, -0.2) is 62.4 Å². The Kier molecular flexibility index (Phi) is 8.66. The number of ether oxygens (including phenoxy) is 1. The van der Waals surface area contributed by atoms with Crippen LogP contribution in [0.2, 0.25) is 5.02 Å². The van der Waals surface area contributed by atoms with Crippen LogP contribution in [-0.2, 0) is 19.4 Å². The van der Waals surface area contributed by atoms with E-state index >= 15 is 0 Å². The number of hydrogen-bond acceptors (Lipinski definition) is 7. The summed E-state index contributed by atoms with van der Waals surface area (Å²) in [4.78, 5) is 36.5. The lowest BCUT2D eigenvalue weighted by atomic mass is 9.88. The molecule has 1 saturated heterocycles. The molecular weight excluding hydrogens is 629 g/mol. The number of aryl methyl sites for hydroxylation is 3. The molecule has 1 N–H and O–H groups in total. The van der Waals surface area contributed by atoms with Gasteiger partial charge in [-0.1, -0.05) is 11.6 Å². The molecule has 2 atom stereocenters. The Labute approximate surface area is 266 Å². The van der Waals surface area contributed by atoms with Crippen molar-refractivity contribution in [1.82, 2.24) is 19.4 Å². The lowest BCUT2D eigenvalue weighted by Gasteiger charge is -2.40. The maximum Gasteiger partial charge on any atom is 0.393 e. The van der Waals surface area contributed by atoms with Gasteiger partial charge in [0.05, 0.1) is 33.9 Å². The van der Waals surface area contributed by atoms with Crippen LogP contribution in [0, 0.1) is 19.8 Å². The van der Waals surface area contributed by atoms with Gasteiger partial charge in [0.15, 0.2) is 0 Å². The molecule has 1 aliphatic heterocycles. The molecule has 1 aliphatic carbocycles. The zero-order chi connectivity index (χ0) is 32.0. The van der Waals surface area contributed by atoms with E-state index in [1.807, 2.05) is 11.0 Å². The van der Waals surface area contributed by atoms with Gasteiger partial charge in [0, 0.05) is 45.4 Å². The highest BCUT2D eigenvalue weighted by atomic mass is 35.5. The molecule has 0 spiro atoms. The normalized spacial score (nSPS) is 19.1. The minimum absolute atomic E-state index is 0.0271. The van der Waals surface area contributed by atoms with Crippen molar-refractivity contribution in [3.63, 3.8) is 0 Å². The van der Waals surface area contributed by atoms with E-state index in [-0.39, 0.29) is 43.3 Å². The van der Waals surface area contributed by atoms with Crippen LogP contribution < -0.4 is 10.3 Å². The Balaban J connectivity index is 1.23. The number of benzene rings is 1. The zero-order valence-electron chi connectivity index (χ0n) is 24.8. The average Bonchev–Trinajstić information content (AvgIpc) is 3.43. The molecule has 4 aromatic rings. The number of nitrogens with zero attached hydrogens (tertiary/aromatic N) is 4. The monoisotopic (exact) mass is 660 g/mol. The van der Waals surface area contributed by atoms with Crippen molar-refractivity contribution in [2.75, 3.05) is 19.7 Å². The van der Waals surface area contributed by atoms with Crippen molar-refractivity contribution < 1.29 is 27.8 Å². The number of hydrogen-bond donors (Lipinski definition) is 1. The summed E-state index contributed by atoms with van der Waals surface area (Å²) in [5.74, 6) is -1.32. The van der Waals surface area contributed by atoms with Crippen LogP contribution in [0.1, 0.15) is 52.4 Å². The number of thiophene rings is 1. The van der Waals surface area contributed by atoms with Gasteiger partial charge in [-0.3, -0.25) is 19.2 Å². The van der Waals surface area contributed by atoms with E-state index in [1.54, 1.807) is 42.0 Å². The van der Waals surface area contributed by atoms with Crippen molar-refractivity contribution >= 4 is 39.1 Å². The third kappa shape index (κ3) is 6.32. The van der Waals surface area contributed by atoms with E-state index in [1.165, 1.54) is 11.3 Å². The van der Waals surface area contributed by atoms with Crippen molar-refractivity contribution in [2.24, 2.45) is 5.92 Å².